The van der Waals surface area contributed by atoms with Gasteiger partial charge in [0, 0.05) is 30.9 Å². The molecule has 1 aromatic carbocycles. The molecular weight excluding hydrogens is 408 g/mol. The molecule has 0 saturated carbocycles. The van der Waals surface area contributed by atoms with Crippen molar-refractivity contribution in [1.82, 2.24) is 15.1 Å². The number of likely N-dealkylation sites (tertiary alicyclic amines) is 1. The Labute approximate surface area is 179 Å². The van der Waals surface area contributed by atoms with Crippen molar-refractivity contribution in [3.63, 3.8) is 0 Å². The molecule has 152 valence electrons. The highest BCUT2D eigenvalue weighted by Crippen LogP contribution is 2.46. The second-order valence-electron chi connectivity index (χ2n) is 7.26. The number of nitrogens with zero attached hydrogens (tertiary/aromatic N) is 3. The first-order valence-corrected chi connectivity index (χ1v) is 11.0. The minimum Gasteiger partial charge on any atom is -0.355 e. The van der Waals surface area contributed by atoms with E-state index in [1.807, 2.05) is 46.4 Å². The molecule has 1 fully saturated rings. The summed E-state index contributed by atoms with van der Waals surface area (Å²) >= 11 is 8.03. The highest BCUT2D eigenvalue weighted by atomic mass is 35.5. The summed E-state index contributed by atoms with van der Waals surface area (Å²) in [5.41, 5.74) is 2.88. The average Bonchev–Trinajstić information content (AvgIpc) is 3.37. The molecule has 3 aliphatic heterocycles. The summed E-state index contributed by atoms with van der Waals surface area (Å²) in [6.07, 6.45) is 2.40. The van der Waals surface area contributed by atoms with Gasteiger partial charge in [0.2, 0.25) is 5.91 Å². The number of rotatable bonds is 4. The van der Waals surface area contributed by atoms with Gasteiger partial charge in [-0.25, -0.2) is 4.99 Å². The molecule has 0 spiro atoms. The van der Waals surface area contributed by atoms with Gasteiger partial charge in [-0.15, -0.1) is 0 Å². The Hall–Kier alpha value is -2.25. The number of benzene rings is 1. The van der Waals surface area contributed by atoms with E-state index < -0.39 is 6.04 Å². The number of thioether (sulfide) groups is 1. The number of carbonyl (C=O) groups excluding carboxylic acids is 2. The number of nitrogens with one attached hydrogen (secondary N) is 1. The molecule has 1 atom stereocenters. The van der Waals surface area contributed by atoms with Gasteiger partial charge in [0.05, 0.1) is 23.7 Å². The van der Waals surface area contributed by atoms with Gasteiger partial charge in [0.25, 0.3) is 5.91 Å². The highest BCUT2D eigenvalue weighted by molar-refractivity contribution is 8.16. The molecule has 29 heavy (non-hydrogen) atoms. The quantitative estimate of drug-likeness (QED) is 0.791. The molecule has 1 saturated heterocycles. The largest absolute Gasteiger partial charge is 0.355 e. The number of halogens is 1. The molecule has 6 nitrogen and oxygen atoms in total. The van der Waals surface area contributed by atoms with E-state index in [1.165, 1.54) is 11.8 Å². The number of allylic oxidation sites excluding steroid dienone is 1. The third kappa shape index (κ3) is 3.69. The van der Waals surface area contributed by atoms with Crippen LogP contribution in [-0.4, -0.2) is 46.9 Å². The number of hydrogen-bond acceptors (Lipinski definition) is 5. The molecule has 1 unspecified atom stereocenters. The van der Waals surface area contributed by atoms with Crippen LogP contribution in [0.5, 0.6) is 0 Å². The first-order valence-electron chi connectivity index (χ1n) is 9.70. The molecule has 4 rings (SSSR count). The second-order valence-corrected chi connectivity index (χ2v) is 8.50. The van der Waals surface area contributed by atoms with Gasteiger partial charge in [0.1, 0.15) is 0 Å². The summed E-state index contributed by atoms with van der Waals surface area (Å²) < 4.78 is 0. The Kier molecular flexibility index (Phi) is 5.69. The van der Waals surface area contributed by atoms with E-state index in [-0.39, 0.29) is 18.2 Å². The predicted molar refractivity (Wildman–Crippen MR) is 116 cm³/mol. The van der Waals surface area contributed by atoms with Crippen molar-refractivity contribution in [3.05, 3.63) is 57.2 Å². The molecule has 3 heterocycles. The molecule has 1 N–H and O–H groups in total. The van der Waals surface area contributed by atoms with Crippen molar-refractivity contribution in [3.8, 4) is 0 Å². The molecule has 2 amide bonds. The lowest BCUT2D eigenvalue weighted by molar-refractivity contribution is -0.129. The van der Waals surface area contributed by atoms with Crippen molar-refractivity contribution in [1.29, 1.82) is 0 Å². The maximum atomic E-state index is 12.8. The Morgan fingerprint density at radius 2 is 2.00 bits per heavy atom. The molecule has 1 aromatic rings. The van der Waals surface area contributed by atoms with E-state index in [0.717, 1.165) is 42.4 Å². The zero-order valence-corrected chi connectivity index (χ0v) is 18.0. The van der Waals surface area contributed by atoms with Crippen molar-refractivity contribution in [2.24, 2.45) is 4.99 Å². The summed E-state index contributed by atoms with van der Waals surface area (Å²) in [5, 5.41) is 6.04. The molecule has 0 radical (unpaired) electrons. The SMILES string of the molecule is CNC(=O)C1=C(C)N=C2SC=C(CC(=O)N3CCCC3)N2C1c1ccccc1Cl. The number of hydrogen-bond donors (Lipinski definition) is 1. The normalized spacial score (nSPS) is 21.1. The first-order chi connectivity index (χ1) is 14.0. The molecular formula is C21H23ClN4O2S. The van der Waals surface area contributed by atoms with Crippen LogP contribution in [0.2, 0.25) is 5.02 Å². The minimum atomic E-state index is -0.427. The second kappa shape index (κ2) is 8.24. The maximum absolute atomic E-state index is 12.8. The minimum absolute atomic E-state index is 0.112. The summed E-state index contributed by atoms with van der Waals surface area (Å²) in [7, 11) is 1.61. The number of carbonyl (C=O) groups is 2. The Balaban J connectivity index is 1.74. The highest BCUT2D eigenvalue weighted by Gasteiger charge is 2.41. The summed E-state index contributed by atoms with van der Waals surface area (Å²) in [5.74, 6) is -0.0846. The van der Waals surface area contributed by atoms with Gasteiger partial charge < -0.3 is 15.1 Å². The van der Waals surface area contributed by atoms with E-state index in [2.05, 4.69) is 10.3 Å². The van der Waals surface area contributed by atoms with Crippen molar-refractivity contribution in [2.45, 2.75) is 32.2 Å². The number of aliphatic imine (C=N–C) groups is 1. The molecule has 0 bridgehead atoms. The summed E-state index contributed by atoms with van der Waals surface area (Å²) in [4.78, 5) is 34.2. The van der Waals surface area contributed by atoms with E-state index in [9.17, 15) is 9.59 Å². The average molecular weight is 431 g/mol. The number of fused-ring (bicyclic) bond motifs is 1. The Morgan fingerprint density at radius 3 is 2.69 bits per heavy atom. The maximum Gasteiger partial charge on any atom is 0.251 e. The summed E-state index contributed by atoms with van der Waals surface area (Å²) in [6, 6.07) is 7.09. The van der Waals surface area contributed by atoms with Gasteiger partial charge >= 0.3 is 0 Å². The van der Waals surface area contributed by atoms with Crippen LogP contribution >= 0.6 is 23.4 Å². The lowest BCUT2D eigenvalue weighted by Gasteiger charge is -2.37. The summed E-state index contributed by atoms with van der Waals surface area (Å²) in [6.45, 7) is 3.47. The predicted octanol–water partition coefficient (Wildman–Crippen LogP) is 3.67. The van der Waals surface area contributed by atoms with Crippen LogP contribution in [0.15, 0.2) is 51.6 Å². The monoisotopic (exact) mass is 430 g/mol. The first kappa shape index (κ1) is 20.0. The molecule has 3 aliphatic rings. The van der Waals surface area contributed by atoms with Gasteiger partial charge in [-0.2, -0.15) is 0 Å². The van der Waals surface area contributed by atoms with Crippen LogP contribution in [0.3, 0.4) is 0 Å². The third-order valence-electron chi connectivity index (χ3n) is 5.46. The van der Waals surface area contributed by atoms with Gasteiger partial charge in [-0.1, -0.05) is 41.6 Å². The molecule has 0 aliphatic carbocycles. The van der Waals surface area contributed by atoms with Crippen LogP contribution < -0.4 is 5.32 Å². The fourth-order valence-electron chi connectivity index (χ4n) is 4.02. The topological polar surface area (TPSA) is 65.0 Å². The standard InChI is InChI=1S/C21H23ClN4O2S/c1-13-18(20(28)23-2)19(15-7-3-4-8-16(15)22)26-14(12-29-21(26)24-13)11-17(27)25-9-5-6-10-25/h3-4,7-8,12,19H,5-6,9-11H2,1-2H3,(H,23,28). The lowest BCUT2D eigenvalue weighted by atomic mass is 9.93. The van der Waals surface area contributed by atoms with Gasteiger partial charge in [-0.3, -0.25) is 9.59 Å². The fraction of sp³-hybridized carbons (Fsp3) is 0.381. The van der Waals surface area contributed by atoms with Crippen LogP contribution in [0.4, 0.5) is 0 Å². The van der Waals surface area contributed by atoms with Crippen LogP contribution in [0.25, 0.3) is 0 Å². The number of amides is 2. The smallest absolute Gasteiger partial charge is 0.251 e. The fourth-order valence-corrected chi connectivity index (χ4v) is 5.22. The Bertz CT molecular complexity index is 950. The number of amidine groups is 1. The van der Waals surface area contributed by atoms with Crippen LogP contribution in [0.1, 0.15) is 37.8 Å². The number of likely N-dealkylation sites (N-methyl/N-ethyl adjacent to an activating group) is 1. The van der Waals surface area contributed by atoms with E-state index in [0.29, 0.717) is 16.3 Å². The van der Waals surface area contributed by atoms with Crippen LogP contribution in [0, 0.1) is 0 Å². The van der Waals surface area contributed by atoms with Crippen molar-refractivity contribution >= 4 is 40.3 Å². The lowest BCUT2D eigenvalue weighted by Crippen LogP contribution is -2.40. The van der Waals surface area contributed by atoms with Crippen molar-refractivity contribution in [2.75, 3.05) is 20.1 Å². The van der Waals surface area contributed by atoms with Gasteiger partial charge in [-0.05, 0) is 36.8 Å². The Morgan fingerprint density at radius 1 is 1.28 bits per heavy atom. The van der Waals surface area contributed by atoms with Crippen molar-refractivity contribution < 1.29 is 9.59 Å². The van der Waals surface area contributed by atoms with E-state index in [4.69, 9.17) is 11.6 Å². The third-order valence-corrected chi connectivity index (χ3v) is 6.70. The van der Waals surface area contributed by atoms with E-state index in [1.54, 1.807) is 7.05 Å². The molecule has 8 heteroatoms. The van der Waals surface area contributed by atoms with Crippen LogP contribution in [-0.2, 0) is 9.59 Å². The zero-order chi connectivity index (χ0) is 20.5. The zero-order valence-electron chi connectivity index (χ0n) is 16.4. The molecule has 0 aromatic heterocycles. The van der Waals surface area contributed by atoms with E-state index >= 15 is 0 Å². The van der Waals surface area contributed by atoms with Gasteiger partial charge in [0.15, 0.2) is 5.17 Å².